The number of fused-ring (bicyclic) bond motifs is 2. The van der Waals surface area contributed by atoms with E-state index in [1.165, 1.54) is 0 Å². The summed E-state index contributed by atoms with van der Waals surface area (Å²) in [6, 6.07) is 13.6. The Bertz CT molecular complexity index is 860. The molecule has 116 valence electrons. The molecule has 0 bridgehead atoms. The molecule has 3 aromatic rings. The van der Waals surface area contributed by atoms with E-state index in [1.807, 2.05) is 60.3 Å². The minimum Gasteiger partial charge on any atom is -0.480 e. The molecular weight excluding hydrogens is 290 g/mol. The van der Waals surface area contributed by atoms with Crippen LogP contribution in [-0.2, 0) is 17.8 Å². The standard InChI is InChI=1S/C18H17N3O2/c1-2-21-15-10-14(8-7-13(15)11-19-21)20-18(22)17-9-12-5-3-4-6-16(12)23-17/h3-8,10-11,17H,2,9H2,1H3,(H,20,22)/t17-/m1/s1. The Morgan fingerprint density at radius 2 is 2.22 bits per heavy atom. The molecule has 5 nitrogen and oxygen atoms in total. The molecule has 1 aromatic heterocycles. The Kier molecular flexibility index (Phi) is 3.26. The number of aryl methyl sites for hydroxylation is 1. The van der Waals surface area contributed by atoms with E-state index < -0.39 is 6.10 Å². The normalized spacial score (nSPS) is 16.1. The first kappa shape index (κ1) is 13.8. The summed E-state index contributed by atoms with van der Waals surface area (Å²) in [5, 5.41) is 8.33. The first-order valence-corrected chi connectivity index (χ1v) is 7.75. The average Bonchev–Trinajstić information content (AvgIpc) is 3.18. The van der Waals surface area contributed by atoms with Crippen molar-refractivity contribution in [1.29, 1.82) is 0 Å². The summed E-state index contributed by atoms with van der Waals surface area (Å²) in [5.41, 5.74) is 2.85. The maximum Gasteiger partial charge on any atom is 0.265 e. The minimum absolute atomic E-state index is 0.122. The maximum atomic E-state index is 12.5. The van der Waals surface area contributed by atoms with Gasteiger partial charge in [-0.05, 0) is 36.8 Å². The van der Waals surface area contributed by atoms with Crippen molar-refractivity contribution >= 4 is 22.5 Å². The molecule has 2 heterocycles. The van der Waals surface area contributed by atoms with Crippen LogP contribution in [0.25, 0.3) is 10.9 Å². The summed E-state index contributed by atoms with van der Waals surface area (Å²) in [6.45, 7) is 2.84. The van der Waals surface area contributed by atoms with Crippen LogP contribution in [0, 0.1) is 0 Å². The molecule has 4 rings (SSSR count). The van der Waals surface area contributed by atoms with E-state index in [2.05, 4.69) is 10.4 Å². The molecule has 1 N–H and O–H groups in total. The van der Waals surface area contributed by atoms with Gasteiger partial charge in [0.05, 0.1) is 11.7 Å². The smallest absolute Gasteiger partial charge is 0.265 e. The van der Waals surface area contributed by atoms with E-state index in [9.17, 15) is 4.79 Å². The lowest BCUT2D eigenvalue weighted by Crippen LogP contribution is -2.31. The predicted octanol–water partition coefficient (Wildman–Crippen LogP) is 3.00. The van der Waals surface area contributed by atoms with E-state index in [1.54, 1.807) is 0 Å². The molecule has 0 saturated carbocycles. The highest BCUT2D eigenvalue weighted by atomic mass is 16.5. The Balaban J connectivity index is 1.53. The molecule has 5 heteroatoms. The third-order valence-electron chi connectivity index (χ3n) is 4.15. The van der Waals surface area contributed by atoms with Crippen LogP contribution in [-0.4, -0.2) is 21.8 Å². The summed E-state index contributed by atoms with van der Waals surface area (Å²) in [7, 11) is 0. The van der Waals surface area contributed by atoms with Crippen LogP contribution in [0.1, 0.15) is 12.5 Å². The van der Waals surface area contributed by atoms with Crippen LogP contribution in [0.3, 0.4) is 0 Å². The summed E-state index contributed by atoms with van der Waals surface area (Å²) in [6.07, 6.45) is 1.97. The monoisotopic (exact) mass is 307 g/mol. The zero-order valence-electron chi connectivity index (χ0n) is 12.8. The average molecular weight is 307 g/mol. The number of hydrogen-bond donors (Lipinski definition) is 1. The van der Waals surface area contributed by atoms with Gasteiger partial charge in [0.1, 0.15) is 5.75 Å². The fourth-order valence-corrected chi connectivity index (χ4v) is 2.95. The van der Waals surface area contributed by atoms with Crippen LogP contribution in [0.2, 0.25) is 0 Å². The van der Waals surface area contributed by atoms with Crippen molar-refractivity contribution in [2.24, 2.45) is 0 Å². The molecule has 1 aliphatic rings. The summed E-state index contributed by atoms with van der Waals surface area (Å²) < 4.78 is 7.64. The Labute approximate surface area is 133 Å². The van der Waals surface area contributed by atoms with Crippen molar-refractivity contribution < 1.29 is 9.53 Å². The van der Waals surface area contributed by atoms with Crippen LogP contribution in [0.15, 0.2) is 48.7 Å². The van der Waals surface area contributed by atoms with E-state index in [0.29, 0.717) is 6.42 Å². The number of nitrogens with zero attached hydrogens (tertiary/aromatic N) is 2. The number of benzene rings is 2. The third-order valence-corrected chi connectivity index (χ3v) is 4.15. The molecule has 0 aliphatic carbocycles. The Hall–Kier alpha value is -2.82. The highest BCUT2D eigenvalue weighted by Gasteiger charge is 2.28. The fourth-order valence-electron chi connectivity index (χ4n) is 2.95. The van der Waals surface area contributed by atoms with Crippen molar-refractivity contribution in [1.82, 2.24) is 9.78 Å². The van der Waals surface area contributed by atoms with Gasteiger partial charge in [0.25, 0.3) is 5.91 Å². The number of ether oxygens (including phenoxy) is 1. The van der Waals surface area contributed by atoms with Crippen molar-refractivity contribution in [2.75, 3.05) is 5.32 Å². The number of anilines is 1. The first-order valence-electron chi connectivity index (χ1n) is 7.75. The maximum absolute atomic E-state index is 12.5. The number of carbonyl (C=O) groups is 1. The summed E-state index contributed by atoms with van der Waals surface area (Å²) in [4.78, 5) is 12.5. The molecule has 23 heavy (non-hydrogen) atoms. The Morgan fingerprint density at radius 3 is 3.04 bits per heavy atom. The van der Waals surface area contributed by atoms with E-state index in [4.69, 9.17) is 4.74 Å². The van der Waals surface area contributed by atoms with Gasteiger partial charge in [-0.3, -0.25) is 9.48 Å². The van der Waals surface area contributed by atoms with Gasteiger partial charge in [0.15, 0.2) is 6.10 Å². The Morgan fingerprint density at radius 1 is 1.35 bits per heavy atom. The first-order chi connectivity index (χ1) is 11.2. The molecule has 0 saturated heterocycles. The van der Waals surface area contributed by atoms with Crippen LogP contribution < -0.4 is 10.1 Å². The minimum atomic E-state index is -0.473. The lowest BCUT2D eigenvalue weighted by atomic mass is 10.1. The number of aromatic nitrogens is 2. The third kappa shape index (κ3) is 2.44. The quantitative estimate of drug-likeness (QED) is 0.809. The lowest BCUT2D eigenvalue weighted by Gasteiger charge is -2.11. The number of nitrogens with one attached hydrogen (secondary N) is 1. The topological polar surface area (TPSA) is 56.2 Å². The highest BCUT2D eigenvalue weighted by Crippen LogP contribution is 2.29. The lowest BCUT2D eigenvalue weighted by molar-refractivity contribution is -0.122. The van der Waals surface area contributed by atoms with Gasteiger partial charge in [-0.25, -0.2) is 0 Å². The van der Waals surface area contributed by atoms with Crippen molar-refractivity contribution in [3.05, 3.63) is 54.2 Å². The zero-order valence-corrected chi connectivity index (χ0v) is 12.8. The van der Waals surface area contributed by atoms with Gasteiger partial charge < -0.3 is 10.1 Å². The molecule has 0 spiro atoms. The molecule has 0 unspecified atom stereocenters. The van der Waals surface area contributed by atoms with Gasteiger partial charge in [-0.1, -0.05) is 18.2 Å². The summed E-state index contributed by atoms with van der Waals surface area (Å²) in [5.74, 6) is 0.676. The molecule has 1 atom stereocenters. The molecule has 1 aliphatic heterocycles. The van der Waals surface area contributed by atoms with E-state index in [0.717, 1.165) is 34.4 Å². The van der Waals surface area contributed by atoms with Gasteiger partial charge >= 0.3 is 0 Å². The SMILES string of the molecule is CCn1ncc2ccc(NC(=O)[C@H]3Cc4ccccc4O3)cc21. The van der Waals surface area contributed by atoms with E-state index in [-0.39, 0.29) is 5.91 Å². The second kappa shape index (κ2) is 5.43. The largest absolute Gasteiger partial charge is 0.480 e. The van der Waals surface area contributed by atoms with Crippen LogP contribution in [0.4, 0.5) is 5.69 Å². The molecule has 2 aromatic carbocycles. The van der Waals surface area contributed by atoms with Crippen LogP contribution >= 0.6 is 0 Å². The van der Waals surface area contributed by atoms with Gasteiger partial charge in [-0.2, -0.15) is 5.10 Å². The van der Waals surface area contributed by atoms with Gasteiger partial charge in [0.2, 0.25) is 0 Å². The van der Waals surface area contributed by atoms with Gasteiger partial charge in [-0.15, -0.1) is 0 Å². The number of rotatable bonds is 3. The van der Waals surface area contributed by atoms with Crippen LogP contribution in [0.5, 0.6) is 5.75 Å². The van der Waals surface area contributed by atoms with Crippen molar-refractivity contribution in [3.8, 4) is 5.75 Å². The number of amides is 1. The van der Waals surface area contributed by atoms with Crippen molar-refractivity contribution in [2.45, 2.75) is 26.0 Å². The molecular formula is C18H17N3O2. The molecule has 1 amide bonds. The molecule has 0 fully saturated rings. The predicted molar refractivity (Wildman–Crippen MR) is 88.6 cm³/mol. The number of hydrogen-bond acceptors (Lipinski definition) is 3. The molecule has 0 radical (unpaired) electrons. The highest BCUT2D eigenvalue weighted by molar-refractivity contribution is 5.97. The second-order valence-electron chi connectivity index (χ2n) is 5.64. The number of para-hydroxylation sites is 1. The summed E-state index contributed by atoms with van der Waals surface area (Å²) >= 11 is 0. The number of carbonyl (C=O) groups excluding carboxylic acids is 1. The van der Waals surface area contributed by atoms with Gasteiger partial charge in [0, 0.05) is 24.0 Å². The van der Waals surface area contributed by atoms with Crippen molar-refractivity contribution in [3.63, 3.8) is 0 Å². The fraction of sp³-hybridized carbons (Fsp3) is 0.222. The second-order valence-corrected chi connectivity index (χ2v) is 5.64. The van der Waals surface area contributed by atoms with E-state index >= 15 is 0 Å². The zero-order chi connectivity index (χ0) is 15.8.